The van der Waals surface area contributed by atoms with E-state index in [1.54, 1.807) is 18.3 Å². The molecule has 0 aromatic carbocycles. The minimum absolute atomic E-state index is 0.0774. The van der Waals surface area contributed by atoms with Gasteiger partial charge in [0, 0.05) is 19.3 Å². The Labute approximate surface area is 106 Å². The summed E-state index contributed by atoms with van der Waals surface area (Å²) in [5.74, 6) is -0.0774. The van der Waals surface area contributed by atoms with Gasteiger partial charge in [-0.15, -0.1) is 11.8 Å². The molecule has 0 spiro atoms. The van der Waals surface area contributed by atoms with E-state index in [4.69, 9.17) is 5.11 Å². The molecule has 0 aliphatic carbocycles. The van der Waals surface area contributed by atoms with Gasteiger partial charge in [0.25, 0.3) is 5.91 Å². The average molecular weight is 254 g/mol. The lowest BCUT2D eigenvalue weighted by Gasteiger charge is -2.07. The van der Waals surface area contributed by atoms with Gasteiger partial charge in [-0.2, -0.15) is 0 Å². The third kappa shape index (κ3) is 4.75. The number of aliphatic hydroxyl groups is 1. The first-order chi connectivity index (χ1) is 8.29. The Morgan fingerprint density at radius 3 is 3.00 bits per heavy atom. The number of carbonyl (C=O) groups is 1. The van der Waals surface area contributed by atoms with E-state index in [0.717, 1.165) is 24.3 Å². The molecule has 2 N–H and O–H groups in total. The maximum Gasteiger partial charge on any atom is 0.254 e. The average Bonchev–Trinajstić information content (AvgIpc) is 2.38. The molecular formula is C12H18N2O2S. The SMILES string of the molecule is CSc1ncccc1C(=O)NCCCCCO. The summed E-state index contributed by atoms with van der Waals surface area (Å²) in [6, 6.07) is 3.54. The molecule has 94 valence electrons. The lowest BCUT2D eigenvalue weighted by Crippen LogP contribution is -2.25. The van der Waals surface area contributed by atoms with Crippen LogP contribution < -0.4 is 5.32 Å². The topological polar surface area (TPSA) is 62.2 Å². The Hall–Kier alpha value is -1.07. The Bertz CT molecular complexity index is 358. The number of rotatable bonds is 7. The van der Waals surface area contributed by atoms with Gasteiger partial charge < -0.3 is 10.4 Å². The number of aliphatic hydroxyl groups excluding tert-OH is 1. The molecule has 0 fully saturated rings. The highest BCUT2D eigenvalue weighted by Gasteiger charge is 2.10. The number of hydrogen-bond donors (Lipinski definition) is 2. The maximum atomic E-state index is 11.8. The van der Waals surface area contributed by atoms with Crippen LogP contribution in [0.2, 0.25) is 0 Å². The van der Waals surface area contributed by atoms with E-state index >= 15 is 0 Å². The van der Waals surface area contributed by atoms with Gasteiger partial charge in [0.05, 0.1) is 5.56 Å². The largest absolute Gasteiger partial charge is 0.396 e. The molecule has 0 radical (unpaired) electrons. The van der Waals surface area contributed by atoms with Crippen LogP contribution in [0.1, 0.15) is 29.6 Å². The fourth-order valence-electron chi connectivity index (χ4n) is 1.44. The predicted molar refractivity (Wildman–Crippen MR) is 69.3 cm³/mol. The van der Waals surface area contributed by atoms with E-state index in [1.165, 1.54) is 11.8 Å². The van der Waals surface area contributed by atoms with E-state index in [9.17, 15) is 4.79 Å². The van der Waals surface area contributed by atoms with Crippen molar-refractivity contribution in [2.75, 3.05) is 19.4 Å². The summed E-state index contributed by atoms with van der Waals surface area (Å²) in [6.07, 6.45) is 6.20. The molecule has 0 atom stereocenters. The molecule has 0 saturated carbocycles. The molecule has 0 saturated heterocycles. The molecule has 1 aromatic rings. The number of thioether (sulfide) groups is 1. The van der Waals surface area contributed by atoms with Crippen molar-refractivity contribution < 1.29 is 9.90 Å². The number of unbranched alkanes of at least 4 members (excludes halogenated alkanes) is 2. The summed E-state index contributed by atoms with van der Waals surface area (Å²) >= 11 is 1.47. The second-order valence-electron chi connectivity index (χ2n) is 3.60. The van der Waals surface area contributed by atoms with E-state index < -0.39 is 0 Å². The quantitative estimate of drug-likeness (QED) is 0.574. The Balaban J connectivity index is 2.41. The van der Waals surface area contributed by atoms with Crippen molar-refractivity contribution >= 4 is 17.7 Å². The summed E-state index contributed by atoms with van der Waals surface area (Å²) in [4.78, 5) is 16.0. The van der Waals surface area contributed by atoms with E-state index in [-0.39, 0.29) is 12.5 Å². The molecule has 4 nitrogen and oxygen atoms in total. The van der Waals surface area contributed by atoms with Crippen molar-refractivity contribution in [3.8, 4) is 0 Å². The summed E-state index contributed by atoms with van der Waals surface area (Å²) in [5, 5.41) is 12.2. The van der Waals surface area contributed by atoms with Gasteiger partial charge in [-0.3, -0.25) is 4.79 Å². The number of nitrogens with zero attached hydrogens (tertiary/aromatic N) is 1. The van der Waals surface area contributed by atoms with Gasteiger partial charge in [0.15, 0.2) is 0 Å². The first-order valence-corrected chi connectivity index (χ1v) is 6.90. The number of pyridine rings is 1. The maximum absolute atomic E-state index is 11.8. The standard InChI is InChI=1S/C12H18N2O2S/c1-17-12-10(6-5-8-14-12)11(16)13-7-3-2-4-9-15/h5-6,8,15H,2-4,7,9H2,1H3,(H,13,16). The van der Waals surface area contributed by atoms with E-state index in [1.807, 2.05) is 6.26 Å². The first kappa shape index (κ1) is 14.0. The Morgan fingerprint density at radius 1 is 1.47 bits per heavy atom. The van der Waals surface area contributed by atoms with Crippen LogP contribution in [0.4, 0.5) is 0 Å². The monoisotopic (exact) mass is 254 g/mol. The van der Waals surface area contributed by atoms with Crippen molar-refractivity contribution in [2.45, 2.75) is 24.3 Å². The highest BCUT2D eigenvalue weighted by Crippen LogP contribution is 2.16. The second kappa shape index (κ2) is 8.08. The molecule has 0 aliphatic heterocycles. The van der Waals surface area contributed by atoms with Crippen molar-refractivity contribution in [3.63, 3.8) is 0 Å². The van der Waals surface area contributed by atoms with Crippen LogP contribution >= 0.6 is 11.8 Å². The predicted octanol–water partition coefficient (Wildman–Crippen LogP) is 1.70. The second-order valence-corrected chi connectivity index (χ2v) is 4.40. The van der Waals surface area contributed by atoms with Crippen molar-refractivity contribution in [2.24, 2.45) is 0 Å². The van der Waals surface area contributed by atoms with Crippen LogP contribution in [-0.2, 0) is 0 Å². The number of hydrogen-bond acceptors (Lipinski definition) is 4. The Kier molecular flexibility index (Phi) is 6.65. The van der Waals surface area contributed by atoms with Crippen molar-refractivity contribution in [1.82, 2.24) is 10.3 Å². The normalized spacial score (nSPS) is 10.2. The minimum Gasteiger partial charge on any atom is -0.396 e. The van der Waals surface area contributed by atoms with Gasteiger partial charge in [0.2, 0.25) is 0 Å². The summed E-state index contributed by atoms with van der Waals surface area (Å²) < 4.78 is 0. The summed E-state index contributed by atoms with van der Waals surface area (Å²) in [6.45, 7) is 0.856. The fraction of sp³-hybridized carbons (Fsp3) is 0.500. The zero-order valence-electron chi connectivity index (χ0n) is 9.98. The van der Waals surface area contributed by atoms with Crippen LogP contribution in [0, 0.1) is 0 Å². The molecule has 1 aromatic heterocycles. The molecule has 0 aliphatic rings. The number of amides is 1. The third-order valence-electron chi connectivity index (χ3n) is 2.33. The van der Waals surface area contributed by atoms with Gasteiger partial charge in [-0.1, -0.05) is 0 Å². The molecule has 1 amide bonds. The van der Waals surface area contributed by atoms with Crippen LogP contribution in [-0.4, -0.2) is 35.4 Å². The van der Waals surface area contributed by atoms with Gasteiger partial charge in [0.1, 0.15) is 5.03 Å². The van der Waals surface area contributed by atoms with Gasteiger partial charge >= 0.3 is 0 Å². The molecule has 0 unspecified atom stereocenters. The lowest BCUT2D eigenvalue weighted by atomic mass is 10.2. The molecular weight excluding hydrogens is 236 g/mol. The van der Waals surface area contributed by atoms with Crippen molar-refractivity contribution in [1.29, 1.82) is 0 Å². The number of carbonyl (C=O) groups excluding carboxylic acids is 1. The van der Waals surface area contributed by atoms with Crippen molar-refractivity contribution in [3.05, 3.63) is 23.9 Å². The van der Waals surface area contributed by atoms with Crippen LogP contribution in [0.5, 0.6) is 0 Å². The smallest absolute Gasteiger partial charge is 0.254 e. The van der Waals surface area contributed by atoms with E-state index in [2.05, 4.69) is 10.3 Å². The van der Waals surface area contributed by atoms with Crippen LogP contribution in [0.15, 0.2) is 23.4 Å². The third-order valence-corrected chi connectivity index (χ3v) is 3.04. The highest BCUT2D eigenvalue weighted by molar-refractivity contribution is 7.98. The van der Waals surface area contributed by atoms with Gasteiger partial charge in [-0.25, -0.2) is 4.98 Å². The van der Waals surface area contributed by atoms with Crippen LogP contribution in [0.25, 0.3) is 0 Å². The minimum atomic E-state index is -0.0774. The molecule has 17 heavy (non-hydrogen) atoms. The zero-order chi connectivity index (χ0) is 12.5. The Morgan fingerprint density at radius 2 is 2.29 bits per heavy atom. The highest BCUT2D eigenvalue weighted by atomic mass is 32.2. The zero-order valence-corrected chi connectivity index (χ0v) is 10.8. The van der Waals surface area contributed by atoms with Crippen LogP contribution in [0.3, 0.4) is 0 Å². The molecule has 5 heteroatoms. The number of aromatic nitrogens is 1. The van der Waals surface area contributed by atoms with Gasteiger partial charge in [-0.05, 0) is 37.7 Å². The molecule has 1 heterocycles. The molecule has 1 rings (SSSR count). The first-order valence-electron chi connectivity index (χ1n) is 5.67. The summed E-state index contributed by atoms with van der Waals surface area (Å²) in [5.41, 5.74) is 0.627. The molecule has 0 bridgehead atoms. The number of nitrogens with one attached hydrogen (secondary N) is 1. The summed E-state index contributed by atoms with van der Waals surface area (Å²) in [7, 11) is 0. The lowest BCUT2D eigenvalue weighted by molar-refractivity contribution is 0.0949. The fourth-order valence-corrected chi connectivity index (χ4v) is 1.98. The van der Waals surface area contributed by atoms with E-state index in [0.29, 0.717) is 12.1 Å².